The Morgan fingerprint density at radius 1 is 1.18 bits per heavy atom. The highest BCUT2D eigenvalue weighted by Gasteiger charge is 2.40. The SMILES string of the molecule is CC(=O)C(C(C)=O)C(C)(F)F. The van der Waals surface area contributed by atoms with Crippen LogP contribution in [0.5, 0.6) is 0 Å². The van der Waals surface area contributed by atoms with Gasteiger partial charge in [-0.3, -0.25) is 9.59 Å². The smallest absolute Gasteiger partial charge is 0.261 e. The average Bonchev–Trinajstić information content (AvgIpc) is 1.54. The second kappa shape index (κ2) is 3.07. The van der Waals surface area contributed by atoms with Crippen LogP contribution in [-0.2, 0) is 9.59 Å². The third-order valence-electron chi connectivity index (χ3n) is 1.32. The number of alkyl halides is 2. The first-order valence-corrected chi connectivity index (χ1v) is 3.15. The van der Waals surface area contributed by atoms with Crippen LogP contribution in [0.15, 0.2) is 0 Å². The monoisotopic (exact) mass is 164 g/mol. The Morgan fingerprint density at radius 2 is 1.45 bits per heavy atom. The van der Waals surface area contributed by atoms with Crippen molar-refractivity contribution in [3.8, 4) is 0 Å². The fourth-order valence-electron chi connectivity index (χ4n) is 1.00. The number of hydrogen-bond acceptors (Lipinski definition) is 2. The van der Waals surface area contributed by atoms with Crippen LogP contribution in [0.4, 0.5) is 8.78 Å². The summed E-state index contributed by atoms with van der Waals surface area (Å²) >= 11 is 0. The molecule has 0 bridgehead atoms. The van der Waals surface area contributed by atoms with Gasteiger partial charge in [-0.05, 0) is 13.8 Å². The molecule has 0 radical (unpaired) electrons. The van der Waals surface area contributed by atoms with Crippen molar-refractivity contribution in [2.24, 2.45) is 5.92 Å². The van der Waals surface area contributed by atoms with E-state index in [-0.39, 0.29) is 0 Å². The molecule has 0 saturated heterocycles. The number of Topliss-reactive ketones (excluding diaryl/α,β-unsaturated/α-hetero) is 2. The molecule has 0 fully saturated rings. The summed E-state index contributed by atoms with van der Waals surface area (Å²) in [6.07, 6.45) is 0. The summed E-state index contributed by atoms with van der Waals surface area (Å²) < 4.78 is 24.9. The molecule has 0 aliphatic rings. The van der Waals surface area contributed by atoms with Gasteiger partial charge < -0.3 is 0 Å². The zero-order valence-electron chi connectivity index (χ0n) is 6.65. The first-order chi connectivity index (χ1) is 4.76. The molecule has 4 heteroatoms. The third-order valence-corrected chi connectivity index (χ3v) is 1.32. The van der Waals surface area contributed by atoms with Gasteiger partial charge in [0.25, 0.3) is 5.92 Å². The van der Waals surface area contributed by atoms with E-state index >= 15 is 0 Å². The van der Waals surface area contributed by atoms with Crippen molar-refractivity contribution in [2.75, 3.05) is 0 Å². The van der Waals surface area contributed by atoms with Gasteiger partial charge in [0.15, 0.2) is 0 Å². The highest BCUT2D eigenvalue weighted by molar-refractivity contribution is 6.01. The lowest BCUT2D eigenvalue weighted by Gasteiger charge is -2.17. The molecule has 0 amide bonds. The van der Waals surface area contributed by atoms with Gasteiger partial charge in [0.2, 0.25) is 0 Å². The lowest BCUT2D eigenvalue weighted by atomic mass is 9.95. The number of carbonyl (C=O) groups excluding carboxylic acids is 2. The predicted molar refractivity (Wildman–Crippen MR) is 35.5 cm³/mol. The van der Waals surface area contributed by atoms with E-state index in [1.54, 1.807) is 0 Å². The van der Waals surface area contributed by atoms with Crippen LogP contribution in [0.2, 0.25) is 0 Å². The Bertz CT molecular complexity index is 167. The Balaban J connectivity index is 4.63. The van der Waals surface area contributed by atoms with Gasteiger partial charge in [0, 0.05) is 6.92 Å². The Hall–Kier alpha value is -0.800. The lowest BCUT2D eigenvalue weighted by molar-refractivity contribution is -0.144. The van der Waals surface area contributed by atoms with Crippen molar-refractivity contribution >= 4 is 11.6 Å². The van der Waals surface area contributed by atoms with E-state index in [4.69, 9.17) is 0 Å². The zero-order valence-corrected chi connectivity index (χ0v) is 6.65. The number of halogens is 2. The highest BCUT2D eigenvalue weighted by atomic mass is 19.3. The standard InChI is InChI=1S/C7H10F2O2/c1-4(10)6(5(2)11)7(3,8)9/h6H,1-3H3. The first-order valence-electron chi connectivity index (χ1n) is 3.15. The third kappa shape index (κ3) is 2.74. The van der Waals surface area contributed by atoms with E-state index in [1.165, 1.54) is 0 Å². The molecule has 0 aliphatic heterocycles. The normalized spacial score (nSPS) is 11.8. The average molecular weight is 164 g/mol. The minimum atomic E-state index is -3.24. The second-order valence-electron chi connectivity index (χ2n) is 2.61. The molecule has 0 spiro atoms. The van der Waals surface area contributed by atoms with Crippen LogP contribution in [0.25, 0.3) is 0 Å². The Kier molecular flexibility index (Phi) is 2.84. The summed E-state index contributed by atoms with van der Waals surface area (Å²) in [4.78, 5) is 21.1. The quantitative estimate of drug-likeness (QED) is 0.591. The van der Waals surface area contributed by atoms with Crippen molar-refractivity contribution < 1.29 is 18.4 Å². The van der Waals surface area contributed by atoms with Gasteiger partial charge in [-0.15, -0.1) is 0 Å². The Morgan fingerprint density at radius 3 is 1.45 bits per heavy atom. The lowest BCUT2D eigenvalue weighted by Crippen LogP contribution is -2.35. The van der Waals surface area contributed by atoms with E-state index in [2.05, 4.69) is 0 Å². The largest absolute Gasteiger partial charge is 0.299 e. The van der Waals surface area contributed by atoms with Crippen molar-refractivity contribution in [3.63, 3.8) is 0 Å². The van der Waals surface area contributed by atoms with Gasteiger partial charge in [0.1, 0.15) is 17.5 Å². The topological polar surface area (TPSA) is 34.1 Å². The van der Waals surface area contributed by atoms with Gasteiger partial charge >= 0.3 is 0 Å². The molecule has 0 aromatic carbocycles. The van der Waals surface area contributed by atoms with Crippen LogP contribution in [0, 0.1) is 5.92 Å². The fourth-order valence-corrected chi connectivity index (χ4v) is 1.00. The van der Waals surface area contributed by atoms with Crippen molar-refractivity contribution in [3.05, 3.63) is 0 Å². The molecular formula is C7H10F2O2. The zero-order chi connectivity index (χ0) is 9.23. The number of ketones is 2. The van der Waals surface area contributed by atoms with E-state index in [0.717, 1.165) is 13.8 Å². The summed E-state index contributed by atoms with van der Waals surface area (Å²) in [6, 6.07) is 0. The van der Waals surface area contributed by atoms with Gasteiger partial charge in [-0.1, -0.05) is 0 Å². The van der Waals surface area contributed by atoms with Crippen LogP contribution in [0.1, 0.15) is 20.8 Å². The van der Waals surface area contributed by atoms with E-state index < -0.39 is 23.4 Å². The van der Waals surface area contributed by atoms with Gasteiger partial charge in [0.05, 0.1) is 0 Å². The van der Waals surface area contributed by atoms with Crippen LogP contribution >= 0.6 is 0 Å². The molecule has 0 aromatic rings. The number of hydrogen-bond donors (Lipinski definition) is 0. The molecular weight excluding hydrogens is 154 g/mol. The summed E-state index contributed by atoms with van der Waals surface area (Å²) in [5, 5.41) is 0. The Labute approximate surface area is 63.6 Å². The summed E-state index contributed by atoms with van der Waals surface area (Å²) in [7, 11) is 0. The predicted octanol–water partition coefficient (Wildman–Crippen LogP) is 1.44. The molecule has 11 heavy (non-hydrogen) atoms. The minimum Gasteiger partial charge on any atom is -0.299 e. The van der Waals surface area contributed by atoms with E-state index in [1.807, 2.05) is 0 Å². The maximum absolute atomic E-state index is 12.4. The fraction of sp³-hybridized carbons (Fsp3) is 0.714. The van der Waals surface area contributed by atoms with Crippen molar-refractivity contribution in [1.82, 2.24) is 0 Å². The van der Waals surface area contributed by atoms with Crippen LogP contribution < -0.4 is 0 Å². The molecule has 0 saturated carbocycles. The molecule has 0 aromatic heterocycles. The molecule has 64 valence electrons. The molecule has 0 atom stereocenters. The van der Waals surface area contributed by atoms with Crippen molar-refractivity contribution in [1.29, 1.82) is 0 Å². The maximum Gasteiger partial charge on any atom is 0.261 e. The molecule has 2 nitrogen and oxygen atoms in total. The maximum atomic E-state index is 12.4. The highest BCUT2D eigenvalue weighted by Crippen LogP contribution is 2.25. The van der Waals surface area contributed by atoms with Crippen molar-refractivity contribution in [2.45, 2.75) is 26.7 Å². The van der Waals surface area contributed by atoms with Gasteiger partial charge in [-0.25, -0.2) is 8.78 Å². The number of rotatable bonds is 3. The molecule has 0 unspecified atom stereocenters. The number of carbonyl (C=O) groups is 2. The van der Waals surface area contributed by atoms with Gasteiger partial charge in [-0.2, -0.15) is 0 Å². The molecule has 0 heterocycles. The summed E-state index contributed by atoms with van der Waals surface area (Å²) in [5.41, 5.74) is 0. The second-order valence-corrected chi connectivity index (χ2v) is 2.61. The van der Waals surface area contributed by atoms with E-state index in [9.17, 15) is 18.4 Å². The van der Waals surface area contributed by atoms with Crippen LogP contribution in [0.3, 0.4) is 0 Å². The first kappa shape index (κ1) is 10.2. The van der Waals surface area contributed by atoms with Crippen LogP contribution in [-0.4, -0.2) is 17.5 Å². The summed E-state index contributed by atoms with van der Waals surface area (Å²) in [5.74, 6) is -6.59. The molecule has 0 N–H and O–H groups in total. The summed E-state index contributed by atoms with van der Waals surface area (Å²) in [6.45, 7) is 2.55. The molecule has 0 rings (SSSR count). The van der Waals surface area contributed by atoms with E-state index in [0.29, 0.717) is 6.92 Å². The molecule has 0 aliphatic carbocycles. The minimum absolute atomic E-state index is 0.570.